The number of benzene rings is 2. The third-order valence-electron chi connectivity index (χ3n) is 5.50. The van der Waals surface area contributed by atoms with E-state index in [0.29, 0.717) is 5.13 Å². The highest BCUT2D eigenvalue weighted by Gasteiger charge is 2.20. The van der Waals surface area contributed by atoms with E-state index in [-0.39, 0.29) is 17.9 Å². The van der Waals surface area contributed by atoms with Gasteiger partial charge in [-0.1, -0.05) is 48.8 Å². The third kappa shape index (κ3) is 5.36. The lowest BCUT2D eigenvalue weighted by Gasteiger charge is -2.23. The summed E-state index contributed by atoms with van der Waals surface area (Å²) in [5, 5.41) is 5.45. The molecule has 1 aromatic heterocycles. The SMILES string of the molecule is CC(C)(C)c1cc(Br)ccc1OCC(=O)Nc1nc(-c2ccc3c(c2)CCCC3)cs1. The average molecular weight is 499 g/mol. The zero-order valence-electron chi connectivity index (χ0n) is 18.1. The summed E-state index contributed by atoms with van der Waals surface area (Å²) < 4.78 is 6.84. The average Bonchev–Trinajstić information content (AvgIpc) is 3.20. The largest absolute Gasteiger partial charge is 0.483 e. The number of thiazole rings is 1. The van der Waals surface area contributed by atoms with Gasteiger partial charge in [0, 0.05) is 21.0 Å². The molecule has 3 aromatic rings. The predicted octanol–water partition coefficient (Wildman–Crippen LogP) is 6.77. The van der Waals surface area contributed by atoms with Crippen LogP contribution in [0.5, 0.6) is 5.75 Å². The van der Waals surface area contributed by atoms with Gasteiger partial charge in [0.2, 0.25) is 0 Å². The van der Waals surface area contributed by atoms with Crippen molar-refractivity contribution in [2.45, 2.75) is 51.9 Å². The van der Waals surface area contributed by atoms with E-state index in [9.17, 15) is 4.79 Å². The molecule has 162 valence electrons. The lowest BCUT2D eigenvalue weighted by Crippen LogP contribution is -2.22. The van der Waals surface area contributed by atoms with Gasteiger partial charge in [-0.15, -0.1) is 11.3 Å². The second-order valence-corrected chi connectivity index (χ2v) is 10.7. The molecule has 0 spiro atoms. The maximum Gasteiger partial charge on any atom is 0.264 e. The van der Waals surface area contributed by atoms with Crippen LogP contribution in [-0.2, 0) is 23.1 Å². The predicted molar refractivity (Wildman–Crippen MR) is 131 cm³/mol. The van der Waals surface area contributed by atoms with Crippen LogP contribution < -0.4 is 10.1 Å². The molecule has 0 bridgehead atoms. The van der Waals surface area contributed by atoms with Crippen LogP contribution in [0.3, 0.4) is 0 Å². The van der Waals surface area contributed by atoms with Crippen LogP contribution in [0.2, 0.25) is 0 Å². The number of nitrogens with one attached hydrogen (secondary N) is 1. The maximum atomic E-state index is 12.5. The molecule has 0 unspecified atom stereocenters. The molecular formula is C25H27BrN2O2S. The number of hydrogen-bond acceptors (Lipinski definition) is 4. The molecule has 1 amide bonds. The molecule has 1 heterocycles. The van der Waals surface area contributed by atoms with Gasteiger partial charge in [0.1, 0.15) is 5.75 Å². The number of carbonyl (C=O) groups is 1. The second-order valence-electron chi connectivity index (χ2n) is 8.96. The van der Waals surface area contributed by atoms with E-state index in [1.165, 1.54) is 41.7 Å². The van der Waals surface area contributed by atoms with Gasteiger partial charge in [-0.25, -0.2) is 4.98 Å². The Morgan fingerprint density at radius 2 is 1.90 bits per heavy atom. The summed E-state index contributed by atoms with van der Waals surface area (Å²) in [6.45, 7) is 6.32. The van der Waals surface area contributed by atoms with Gasteiger partial charge in [0.15, 0.2) is 11.7 Å². The molecule has 0 saturated carbocycles. The van der Waals surface area contributed by atoms with E-state index in [0.717, 1.165) is 33.5 Å². The number of hydrogen-bond donors (Lipinski definition) is 1. The number of amides is 1. The van der Waals surface area contributed by atoms with Gasteiger partial charge in [-0.3, -0.25) is 10.1 Å². The summed E-state index contributed by atoms with van der Waals surface area (Å²) >= 11 is 4.95. The molecule has 1 N–H and O–H groups in total. The van der Waals surface area contributed by atoms with Crippen molar-refractivity contribution in [2.24, 2.45) is 0 Å². The summed E-state index contributed by atoms with van der Waals surface area (Å²) in [4.78, 5) is 17.1. The van der Waals surface area contributed by atoms with Crippen molar-refractivity contribution in [3.8, 4) is 17.0 Å². The Balaban J connectivity index is 1.40. The molecular weight excluding hydrogens is 472 g/mol. The standard InChI is InChI=1S/C25H27BrN2O2S/c1-25(2,3)20-13-19(26)10-11-22(20)30-14-23(29)28-24-27-21(15-31-24)18-9-8-16-6-4-5-7-17(16)12-18/h8-13,15H,4-7,14H2,1-3H3,(H,27,28,29). The molecule has 1 aliphatic carbocycles. The topological polar surface area (TPSA) is 51.2 Å². The van der Waals surface area contributed by atoms with Gasteiger partial charge in [-0.05, 0) is 66.5 Å². The number of rotatable bonds is 5. The van der Waals surface area contributed by atoms with E-state index in [4.69, 9.17) is 4.74 Å². The van der Waals surface area contributed by atoms with Crippen molar-refractivity contribution >= 4 is 38.3 Å². The molecule has 0 radical (unpaired) electrons. The Bertz CT molecular complexity index is 1100. The quantitative estimate of drug-likeness (QED) is 0.422. The summed E-state index contributed by atoms with van der Waals surface area (Å²) in [5.41, 5.74) is 5.86. The molecule has 1 aliphatic rings. The zero-order valence-corrected chi connectivity index (χ0v) is 20.5. The van der Waals surface area contributed by atoms with Crippen molar-refractivity contribution in [3.63, 3.8) is 0 Å². The van der Waals surface area contributed by atoms with Crippen LogP contribution in [0, 0.1) is 0 Å². The smallest absolute Gasteiger partial charge is 0.264 e. The lowest BCUT2D eigenvalue weighted by atomic mass is 9.86. The lowest BCUT2D eigenvalue weighted by molar-refractivity contribution is -0.118. The van der Waals surface area contributed by atoms with Crippen LogP contribution in [0.4, 0.5) is 5.13 Å². The highest BCUT2D eigenvalue weighted by Crippen LogP contribution is 2.34. The van der Waals surface area contributed by atoms with Crippen LogP contribution in [0.15, 0.2) is 46.3 Å². The first-order valence-corrected chi connectivity index (χ1v) is 12.3. The van der Waals surface area contributed by atoms with E-state index in [2.05, 4.69) is 65.2 Å². The number of anilines is 1. The third-order valence-corrected chi connectivity index (χ3v) is 6.75. The molecule has 4 rings (SSSR count). The monoisotopic (exact) mass is 498 g/mol. The van der Waals surface area contributed by atoms with Gasteiger partial charge in [0.25, 0.3) is 5.91 Å². The van der Waals surface area contributed by atoms with Gasteiger partial charge in [0.05, 0.1) is 5.69 Å². The summed E-state index contributed by atoms with van der Waals surface area (Å²) in [6, 6.07) is 12.5. The number of ether oxygens (including phenoxy) is 1. The molecule has 0 saturated heterocycles. The summed E-state index contributed by atoms with van der Waals surface area (Å²) in [7, 11) is 0. The number of fused-ring (bicyclic) bond motifs is 1. The zero-order chi connectivity index (χ0) is 22.0. The maximum absolute atomic E-state index is 12.5. The fourth-order valence-electron chi connectivity index (χ4n) is 3.87. The minimum atomic E-state index is -0.214. The van der Waals surface area contributed by atoms with Crippen LogP contribution in [0.25, 0.3) is 11.3 Å². The molecule has 0 fully saturated rings. The Morgan fingerprint density at radius 1 is 1.13 bits per heavy atom. The van der Waals surface area contributed by atoms with Gasteiger partial charge < -0.3 is 4.74 Å². The Hall–Kier alpha value is -2.18. The Kier molecular flexibility index (Phi) is 6.49. The first kappa shape index (κ1) is 22.0. The minimum absolute atomic E-state index is 0.0571. The highest BCUT2D eigenvalue weighted by molar-refractivity contribution is 9.10. The first-order valence-electron chi connectivity index (χ1n) is 10.6. The van der Waals surface area contributed by atoms with Crippen molar-refractivity contribution in [3.05, 3.63) is 62.9 Å². The normalized spacial score (nSPS) is 13.5. The van der Waals surface area contributed by atoms with Gasteiger partial charge in [-0.2, -0.15) is 0 Å². The Labute approximate surface area is 196 Å². The van der Waals surface area contributed by atoms with Crippen molar-refractivity contribution in [1.82, 2.24) is 4.98 Å². The van der Waals surface area contributed by atoms with Gasteiger partial charge >= 0.3 is 0 Å². The highest BCUT2D eigenvalue weighted by atomic mass is 79.9. The first-order chi connectivity index (χ1) is 14.8. The van der Waals surface area contributed by atoms with Crippen molar-refractivity contribution in [2.75, 3.05) is 11.9 Å². The van der Waals surface area contributed by atoms with Crippen molar-refractivity contribution < 1.29 is 9.53 Å². The van der Waals surface area contributed by atoms with Crippen LogP contribution in [0.1, 0.15) is 50.3 Å². The number of nitrogens with zero attached hydrogens (tertiary/aromatic N) is 1. The van der Waals surface area contributed by atoms with E-state index < -0.39 is 0 Å². The summed E-state index contributed by atoms with van der Waals surface area (Å²) in [6.07, 6.45) is 4.84. The molecule has 2 aromatic carbocycles. The van der Waals surface area contributed by atoms with Crippen LogP contribution in [-0.4, -0.2) is 17.5 Å². The minimum Gasteiger partial charge on any atom is -0.483 e. The fourth-order valence-corrected chi connectivity index (χ4v) is 4.97. The number of carbonyl (C=O) groups excluding carboxylic acids is 1. The van der Waals surface area contributed by atoms with E-state index >= 15 is 0 Å². The van der Waals surface area contributed by atoms with E-state index in [1.807, 2.05) is 23.6 Å². The number of aryl methyl sites for hydroxylation is 2. The number of aromatic nitrogens is 1. The molecule has 0 aliphatic heterocycles. The van der Waals surface area contributed by atoms with Crippen molar-refractivity contribution in [1.29, 1.82) is 0 Å². The molecule has 31 heavy (non-hydrogen) atoms. The summed E-state index contributed by atoms with van der Waals surface area (Å²) in [5.74, 6) is 0.508. The second kappa shape index (κ2) is 9.13. The molecule has 6 heteroatoms. The number of halogens is 1. The van der Waals surface area contributed by atoms with E-state index in [1.54, 1.807) is 0 Å². The fraction of sp³-hybridized carbons (Fsp3) is 0.360. The molecule has 0 atom stereocenters. The molecule has 4 nitrogen and oxygen atoms in total. The Morgan fingerprint density at radius 3 is 2.68 bits per heavy atom. The van der Waals surface area contributed by atoms with Crippen LogP contribution >= 0.6 is 27.3 Å².